The minimum atomic E-state index is -1.30. The van der Waals surface area contributed by atoms with Gasteiger partial charge in [0.2, 0.25) is 5.24 Å². The van der Waals surface area contributed by atoms with Crippen molar-refractivity contribution in [2.45, 2.75) is 4.87 Å². The lowest BCUT2D eigenvalue weighted by molar-refractivity contribution is -0.113. The van der Waals surface area contributed by atoms with Crippen LogP contribution in [0, 0.1) is 0 Å². The van der Waals surface area contributed by atoms with E-state index in [1.807, 2.05) is 6.07 Å². The number of alkyl halides is 2. The Labute approximate surface area is 91.6 Å². The maximum atomic E-state index is 11.0. The second-order valence-corrected chi connectivity index (χ2v) is 3.83. The average molecular weight is 238 g/mol. The molecule has 0 spiro atoms. The molecule has 0 aromatic heterocycles. The molecule has 4 heteroatoms. The third kappa shape index (κ3) is 2.16. The molecule has 1 atom stereocenters. The van der Waals surface area contributed by atoms with Crippen LogP contribution < -0.4 is 0 Å². The van der Waals surface area contributed by atoms with Crippen LogP contribution in [0.2, 0.25) is 0 Å². The van der Waals surface area contributed by atoms with E-state index in [0.717, 1.165) is 0 Å². The first kappa shape index (κ1) is 10.8. The molecule has 1 rings (SSSR count). The summed E-state index contributed by atoms with van der Waals surface area (Å²) >= 11 is 16.9. The van der Waals surface area contributed by atoms with E-state index in [-0.39, 0.29) is 5.88 Å². The highest BCUT2D eigenvalue weighted by atomic mass is 35.5. The fraction of sp³-hybridized carbons (Fsp3) is 0.222. The lowest BCUT2D eigenvalue weighted by Crippen LogP contribution is -2.27. The first-order chi connectivity index (χ1) is 6.11. The van der Waals surface area contributed by atoms with Crippen molar-refractivity contribution in [3.63, 3.8) is 0 Å². The van der Waals surface area contributed by atoms with Crippen molar-refractivity contribution in [3.05, 3.63) is 35.9 Å². The maximum Gasteiger partial charge on any atom is 0.248 e. The van der Waals surface area contributed by atoms with Gasteiger partial charge in [-0.1, -0.05) is 30.3 Å². The van der Waals surface area contributed by atoms with Crippen LogP contribution in [0.3, 0.4) is 0 Å². The van der Waals surface area contributed by atoms with Crippen LogP contribution in [0.1, 0.15) is 5.56 Å². The van der Waals surface area contributed by atoms with E-state index in [4.69, 9.17) is 34.8 Å². The van der Waals surface area contributed by atoms with E-state index < -0.39 is 10.1 Å². The van der Waals surface area contributed by atoms with Gasteiger partial charge in [0.15, 0.2) is 4.87 Å². The molecule has 0 saturated carbocycles. The monoisotopic (exact) mass is 236 g/mol. The predicted molar refractivity (Wildman–Crippen MR) is 55.6 cm³/mol. The van der Waals surface area contributed by atoms with Crippen LogP contribution in [0.4, 0.5) is 0 Å². The Hall–Kier alpha value is -0.240. The molecule has 0 aliphatic heterocycles. The van der Waals surface area contributed by atoms with Gasteiger partial charge in [-0.3, -0.25) is 4.79 Å². The summed E-state index contributed by atoms with van der Waals surface area (Å²) in [7, 11) is 0. The molecule has 0 aliphatic carbocycles. The Bertz CT molecular complexity index is 299. The molecule has 70 valence electrons. The van der Waals surface area contributed by atoms with Crippen molar-refractivity contribution in [2.24, 2.45) is 0 Å². The Morgan fingerprint density at radius 3 is 2.23 bits per heavy atom. The molecule has 1 aromatic carbocycles. The van der Waals surface area contributed by atoms with Crippen molar-refractivity contribution in [1.29, 1.82) is 0 Å². The molecule has 1 aromatic rings. The lowest BCUT2D eigenvalue weighted by Gasteiger charge is -2.19. The van der Waals surface area contributed by atoms with Gasteiger partial charge < -0.3 is 0 Å². The predicted octanol–water partition coefficient (Wildman–Crippen LogP) is 3.12. The molecular weight excluding hydrogens is 230 g/mol. The van der Waals surface area contributed by atoms with Crippen LogP contribution >= 0.6 is 34.8 Å². The van der Waals surface area contributed by atoms with Crippen LogP contribution in [-0.4, -0.2) is 11.1 Å². The fourth-order valence-electron chi connectivity index (χ4n) is 0.945. The van der Waals surface area contributed by atoms with E-state index >= 15 is 0 Å². The van der Waals surface area contributed by atoms with Gasteiger partial charge in [0.1, 0.15) is 0 Å². The zero-order chi connectivity index (χ0) is 9.90. The highest BCUT2D eigenvalue weighted by Crippen LogP contribution is 2.32. The molecule has 0 fully saturated rings. The number of halogens is 3. The van der Waals surface area contributed by atoms with Gasteiger partial charge in [-0.25, -0.2) is 0 Å². The normalized spacial score (nSPS) is 15.0. The van der Waals surface area contributed by atoms with Gasteiger partial charge in [0, 0.05) is 0 Å². The molecule has 13 heavy (non-hydrogen) atoms. The second-order valence-electron chi connectivity index (χ2n) is 2.57. The number of benzene rings is 1. The van der Waals surface area contributed by atoms with E-state index in [0.29, 0.717) is 5.56 Å². The van der Waals surface area contributed by atoms with Crippen molar-refractivity contribution in [1.82, 2.24) is 0 Å². The molecule has 0 radical (unpaired) electrons. The summed E-state index contributed by atoms with van der Waals surface area (Å²) in [5.41, 5.74) is 0.617. The average Bonchev–Trinajstić information content (AvgIpc) is 2.17. The fourth-order valence-corrected chi connectivity index (χ4v) is 1.59. The minimum absolute atomic E-state index is 0.0408. The Morgan fingerprint density at radius 2 is 1.85 bits per heavy atom. The van der Waals surface area contributed by atoms with Gasteiger partial charge in [-0.2, -0.15) is 0 Å². The third-order valence-electron chi connectivity index (χ3n) is 1.73. The lowest BCUT2D eigenvalue weighted by atomic mass is 10.0. The second kappa shape index (κ2) is 4.32. The largest absolute Gasteiger partial charge is 0.279 e. The minimum Gasteiger partial charge on any atom is -0.279 e. The van der Waals surface area contributed by atoms with Crippen molar-refractivity contribution < 1.29 is 4.79 Å². The smallest absolute Gasteiger partial charge is 0.248 e. The first-order valence-corrected chi connectivity index (χ1v) is 4.90. The van der Waals surface area contributed by atoms with E-state index in [2.05, 4.69) is 0 Å². The Balaban J connectivity index is 3.11. The van der Waals surface area contributed by atoms with Crippen LogP contribution in [0.25, 0.3) is 0 Å². The summed E-state index contributed by atoms with van der Waals surface area (Å²) in [5.74, 6) is -0.0408. The molecule has 0 N–H and O–H groups in total. The number of hydrogen-bond donors (Lipinski definition) is 0. The standard InChI is InChI=1S/C9H7Cl3O/c10-6-9(12,8(11)13)7-4-2-1-3-5-7/h1-5H,6H2. The highest BCUT2D eigenvalue weighted by Gasteiger charge is 2.35. The van der Waals surface area contributed by atoms with Crippen molar-refractivity contribution in [2.75, 3.05) is 5.88 Å². The zero-order valence-electron chi connectivity index (χ0n) is 6.64. The Kier molecular flexibility index (Phi) is 3.60. The van der Waals surface area contributed by atoms with Crippen molar-refractivity contribution in [3.8, 4) is 0 Å². The highest BCUT2D eigenvalue weighted by molar-refractivity contribution is 6.71. The van der Waals surface area contributed by atoms with Gasteiger partial charge in [0.25, 0.3) is 0 Å². The van der Waals surface area contributed by atoms with Crippen LogP contribution in [-0.2, 0) is 9.67 Å². The summed E-state index contributed by atoms with van der Waals surface area (Å²) in [4.78, 5) is 9.75. The topological polar surface area (TPSA) is 17.1 Å². The molecular formula is C9H7Cl3O. The van der Waals surface area contributed by atoms with E-state index in [9.17, 15) is 4.79 Å². The summed E-state index contributed by atoms with van der Waals surface area (Å²) in [6.07, 6.45) is 0. The number of carbonyl (C=O) groups is 1. The molecule has 0 saturated heterocycles. The molecule has 0 heterocycles. The van der Waals surface area contributed by atoms with Gasteiger partial charge in [0.05, 0.1) is 5.88 Å². The van der Waals surface area contributed by atoms with Gasteiger partial charge >= 0.3 is 0 Å². The van der Waals surface area contributed by atoms with E-state index in [1.165, 1.54) is 0 Å². The number of rotatable bonds is 3. The zero-order valence-corrected chi connectivity index (χ0v) is 8.90. The van der Waals surface area contributed by atoms with Crippen LogP contribution in [0.15, 0.2) is 30.3 Å². The van der Waals surface area contributed by atoms with Crippen molar-refractivity contribution >= 4 is 40.0 Å². The molecule has 1 nitrogen and oxygen atoms in total. The van der Waals surface area contributed by atoms with E-state index in [1.54, 1.807) is 24.3 Å². The summed E-state index contributed by atoms with van der Waals surface area (Å²) in [6, 6.07) is 8.82. The number of carbonyl (C=O) groups excluding carboxylic acids is 1. The third-order valence-corrected chi connectivity index (χ3v) is 3.21. The quantitative estimate of drug-likeness (QED) is 0.583. The maximum absolute atomic E-state index is 11.0. The molecule has 0 amide bonds. The molecule has 0 aliphatic rings. The Morgan fingerprint density at radius 1 is 1.31 bits per heavy atom. The van der Waals surface area contributed by atoms with Gasteiger partial charge in [-0.15, -0.1) is 23.2 Å². The first-order valence-electron chi connectivity index (χ1n) is 3.61. The molecule has 0 bridgehead atoms. The SMILES string of the molecule is O=C(Cl)C(Cl)(CCl)c1ccccc1. The summed E-state index contributed by atoms with van der Waals surface area (Å²) in [6.45, 7) is 0. The van der Waals surface area contributed by atoms with Gasteiger partial charge in [-0.05, 0) is 17.2 Å². The summed E-state index contributed by atoms with van der Waals surface area (Å²) in [5, 5.41) is -0.657. The van der Waals surface area contributed by atoms with Crippen LogP contribution in [0.5, 0.6) is 0 Å². The number of hydrogen-bond acceptors (Lipinski definition) is 1. The molecule has 1 unspecified atom stereocenters. The summed E-state index contributed by atoms with van der Waals surface area (Å²) < 4.78 is 0.